The summed E-state index contributed by atoms with van der Waals surface area (Å²) in [4.78, 5) is 40.1. The fourth-order valence-corrected chi connectivity index (χ4v) is 7.21. The molecule has 0 saturated carbocycles. The first kappa shape index (κ1) is 20.5. The number of rotatable bonds is 6. The van der Waals surface area contributed by atoms with Gasteiger partial charge in [-0.2, -0.15) is 4.99 Å². The van der Waals surface area contributed by atoms with Crippen molar-refractivity contribution in [1.82, 2.24) is 0 Å². The van der Waals surface area contributed by atoms with Crippen LogP contribution in [0.2, 0.25) is 0 Å². The van der Waals surface area contributed by atoms with Crippen LogP contribution in [0.3, 0.4) is 0 Å². The number of sulfone groups is 1. The van der Waals surface area contributed by atoms with Gasteiger partial charge in [0.15, 0.2) is 20.8 Å². The van der Waals surface area contributed by atoms with Crippen molar-refractivity contribution in [3.8, 4) is 0 Å². The van der Waals surface area contributed by atoms with Crippen LogP contribution < -0.4 is 4.90 Å². The topological polar surface area (TPSA) is 121 Å². The van der Waals surface area contributed by atoms with Crippen molar-refractivity contribution in [3.63, 3.8) is 0 Å². The average molecular weight is 425 g/mol. The number of ketones is 1. The predicted molar refractivity (Wildman–Crippen MR) is 107 cm³/mol. The highest BCUT2D eigenvalue weighted by atomic mass is 32.2. The Labute approximate surface area is 166 Å². The fraction of sp³-hybridized carbons (Fsp3) is 0.444. The van der Waals surface area contributed by atoms with E-state index in [0.717, 1.165) is 0 Å². The van der Waals surface area contributed by atoms with Crippen LogP contribution in [0.15, 0.2) is 29.3 Å². The summed E-state index contributed by atoms with van der Waals surface area (Å²) in [5, 5.41) is 8.88. The van der Waals surface area contributed by atoms with E-state index in [2.05, 4.69) is 4.99 Å². The molecule has 2 fully saturated rings. The molecule has 0 aromatic heterocycles. The highest BCUT2D eigenvalue weighted by molar-refractivity contribution is 8.16. The zero-order chi connectivity index (χ0) is 20.5. The van der Waals surface area contributed by atoms with Crippen LogP contribution in [0.1, 0.15) is 36.5 Å². The number of carboxylic acids is 1. The molecule has 1 aromatic rings. The Morgan fingerprint density at radius 3 is 2.46 bits per heavy atom. The van der Waals surface area contributed by atoms with Crippen LogP contribution in [0.5, 0.6) is 0 Å². The van der Waals surface area contributed by atoms with Crippen LogP contribution >= 0.6 is 11.8 Å². The summed E-state index contributed by atoms with van der Waals surface area (Å²) in [6, 6.07) is 6.42. The maximum Gasteiger partial charge on any atom is 0.303 e. The van der Waals surface area contributed by atoms with Crippen molar-refractivity contribution in [2.45, 2.75) is 37.5 Å². The number of aliphatic imine (C=N–C) groups is 1. The van der Waals surface area contributed by atoms with Crippen molar-refractivity contribution in [1.29, 1.82) is 0 Å². The molecule has 0 spiro atoms. The minimum atomic E-state index is -3.17. The highest BCUT2D eigenvalue weighted by Gasteiger charge is 2.49. The molecule has 0 aliphatic carbocycles. The number of benzene rings is 1. The monoisotopic (exact) mass is 424 g/mol. The number of hydrogen-bond donors (Lipinski definition) is 1. The Morgan fingerprint density at radius 2 is 1.86 bits per heavy atom. The normalized spacial score (nSPS) is 24.3. The third-order valence-electron chi connectivity index (χ3n) is 4.62. The molecule has 2 saturated heterocycles. The summed E-state index contributed by atoms with van der Waals surface area (Å²) >= 11 is 1.26. The second-order valence-corrected chi connectivity index (χ2v) is 10.2. The molecule has 3 rings (SSSR count). The molecule has 0 unspecified atom stereocenters. The molecular weight excluding hydrogens is 404 g/mol. The van der Waals surface area contributed by atoms with Gasteiger partial charge in [0.05, 0.1) is 17.5 Å². The Hall–Kier alpha value is -2.20. The van der Waals surface area contributed by atoms with E-state index in [9.17, 15) is 22.8 Å². The van der Waals surface area contributed by atoms with Gasteiger partial charge in [0.25, 0.3) is 0 Å². The molecule has 1 N–H and O–H groups in total. The Bertz CT molecular complexity index is 939. The van der Waals surface area contributed by atoms with Gasteiger partial charge in [-0.3, -0.25) is 14.4 Å². The van der Waals surface area contributed by atoms with Gasteiger partial charge in [0.1, 0.15) is 0 Å². The lowest BCUT2D eigenvalue weighted by molar-refractivity contribution is -0.137. The molecule has 8 nitrogen and oxygen atoms in total. The lowest BCUT2D eigenvalue weighted by atomic mass is 10.1. The molecular formula is C18H20N2O6S2. The van der Waals surface area contributed by atoms with E-state index in [1.165, 1.54) is 18.7 Å². The number of hydrogen-bond acceptors (Lipinski definition) is 6. The molecule has 28 heavy (non-hydrogen) atoms. The molecule has 2 heterocycles. The van der Waals surface area contributed by atoms with Gasteiger partial charge in [-0.15, -0.1) is 0 Å². The summed E-state index contributed by atoms with van der Waals surface area (Å²) in [6.45, 7) is 1.46. The number of amides is 1. The maximum absolute atomic E-state index is 12.2. The molecule has 1 amide bonds. The largest absolute Gasteiger partial charge is 0.481 e. The lowest BCUT2D eigenvalue weighted by Crippen LogP contribution is -2.37. The molecule has 2 atom stereocenters. The van der Waals surface area contributed by atoms with E-state index in [1.54, 1.807) is 29.2 Å². The number of nitrogens with zero attached hydrogens (tertiary/aromatic N) is 2. The third-order valence-corrected chi connectivity index (χ3v) is 7.83. The van der Waals surface area contributed by atoms with Crippen LogP contribution in [0, 0.1) is 0 Å². The summed E-state index contributed by atoms with van der Waals surface area (Å²) in [7, 11) is -3.17. The van der Waals surface area contributed by atoms with E-state index in [-0.39, 0.29) is 47.8 Å². The lowest BCUT2D eigenvalue weighted by Gasteiger charge is -2.24. The number of fused-ring (bicyclic) bond motifs is 1. The number of amidine groups is 1. The van der Waals surface area contributed by atoms with E-state index in [1.807, 2.05) is 0 Å². The van der Waals surface area contributed by atoms with Crippen LogP contribution in [0.25, 0.3) is 0 Å². The smallest absolute Gasteiger partial charge is 0.303 e. The summed E-state index contributed by atoms with van der Waals surface area (Å²) in [5.41, 5.74) is 1.20. The number of Topliss-reactive ketones (excluding diaryl/α,β-unsaturated/α-hetero) is 1. The molecule has 10 heteroatoms. The van der Waals surface area contributed by atoms with Crippen LogP contribution in [-0.2, 0) is 19.4 Å². The maximum atomic E-state index is 12.2. The number of carbonyl (C=O) groups excluding carboxylic acids is 2. The van der Waals surface area contributed by atoms with Gasteiger partial charge in [0.2, 0.25) is 5.91 Å². The number of anilines is 1. The van der Waals surface area contributed by atoms with E-state index in [4.69, 9.17) is 5.11 Å². The van der Waals surface area contributed by atoms with Crippen molar-refractivity contribution >= 4 is 50.1 Å². The zero-order valence-electron chi connectivity index (χ0n) is 15.2. The molecule has 2 aliphatic rings. The van der Waals surface area contributed by atoms with Crippen LogP contribution in [-0.4, -0.2) is 59.1 Å². The summed E-state index contributed by atoms with van der Waals surface area (Å²) in [6.07, 6.45) is 0.106. The fourth-order valence-electron chi connectivity index (χ4n) is 3.28. The Morgan fingerprint density at radius 1 is 1.18 bits per heavy atom. The number of carbonyl (C=O) groups is 3. The summed E-state index contributed by atoms with van der Waals surface area (Å²) < 4.78 is 24.1. The van der Waals surface area contributed by atoms with Gasteiger partial charge in [-0.1, -0.05) is 11.8 Å². The van der Waals surface area contributed by atoms with Crippen molar-refractivity contribution in [2.24, 2.45) is 4.99 Å². The quantitative estimate of drug-likeness (QED) is 0.686. The molecule has 150 valence electrons. The standard InChI is InChI=1S/C18H20N2O6S2/c1-11(21)12-5-7-13(8-6-12)20-14-9-28(25,26)10-15(14)27-18(20)19-16(22)3-2-4-17(23)24/h5-8,14-15H,2-4,9-10H2,1H3,(H,23,24)/t14-,15+/m0/s1. The first-order valence-electron chi connectivity index (χ1n) is 8.77. The molecule has 0 bridgehead atoms. The Balaban J connectivity index is 1.86. The Kier molecular flexibility index (Phi) is 5.90. The highest BCUT2D eigenvalue weighted by Crippen LogP contribution is 2.41. The van der Waals surface area contributed by atoms with E-state index in [0.29, 0.717) is 16.4 Å². The predicted octanol–water partition coefficient (Wildman–Crippen LogP) is 1.75. The third kappa shape index (κ3) is 4.61. The first-order valence-corrected chi connectivity index (χ1v) is 11.5. The number of thioether (sulfide) groups is 1. The SMILES string of the molecule is CC(=O)c1ccc(N2C(=NC(=O)CCCC(=O)O)S[C@@H]3CS(=O)(=O)C[C@@H]32)cc1. The van der Waals surface area contributed by atoms with Gasteiger partial charge in [0, 0.05) is 29.3 Å². The van der Waals surface area contributed by atoms with E-state index >= 15 is 0 Å². The number of carboxylic acid groups (broad SMARTS) is 1. The zero-order valence-corrected chi connectivity index (χ0v) is 16.8. The minimum absolute atomic E-state index is 0.0150. The van der Waals surface area contributed by atoms with Gasteiger partial charge in [-0.25, -0.2) is 8.42 Å². The molecule has 1 aromatic carbocycles. The summed E-state index contributed by atoms with van der Waals surface area (Å²) in [5.74, 6) is -1.48. The van der Waals surface area contributed by atoms with Gasteiger partial charge in [-0.05, 0) is 37.6 Å². The van der Waals surface area contributed by atoms with Crippen molar-refractivity contribution in [3.05, 3.63) is 29.8 Å². The first-order chi connectivity index (χ1) is 13.2. The minimum Gasteiger partial charge on any atom is -0.481 e. The van der Waals surface area contributed by atoms with Gasteiger partial charge >= 0.3 is 5.97 Å². The number of aliphatic carboxylic acids is 1. The van der Waals surface area contributed by atoms with Crippen molar-refractivity contribution in [2.75, 3.05) is 16.4 Å². The second-order valence-electron chi connectivity index (χ2n) is 6.81. The average Bonchev–Trinajstić information content (AvgIpc) is 3.05. The second kappa shape index (κ2) is 8.04. The van der Waals surface area contributed by atoms with Gasteiger partial charge < -0.3 is 10.0 Å². The molecule has 2 aliphatic heterocycles. The molecule has 0 radical (unpaired) electrons. The van der Waals surface area contributed by atoms with Crippen molar-refractivity contribution < 1.29 is 27.9 Å². The van der Waals surface area contributed by atoms with Crippen LogP contribution in [0.4, 0.5) is 5.69 Å². The van der Waals surface area contributed by atoms with E-state index < -0.39 is 21.7 Å².